The van der Waals surface area contributed by atoms with Crippen molar-refractivity contribution >= 4 is 11.9 Å². The SMILES string of the molecule is COC(=O)CN(Cc1ccccc1C)C(=O)c1nc(C)n(-c2ccc(F)cc2)n1. The van der Waals surface area contributed by atoms with Crippen LogP contribution in [-0.4, -0.2) is 45.2 Å². The van der Waals surface area contributed by atoms with Gasteiger partial charge in [0, 0.05) is 6.54 Å². The topological polar surface area (TPSA) is 77.3 Å². The molecule has 0 bridgehead atoms. The average Bonchev–Trinajstić information content (AvgIpc) is 3.10. The lowest BCUT2D eigenvalue weighted by Crippen LogP contribution is -2.36. The van der Waals surface area contributed by atoms with Crippen LogP contribution in [0, 0.1) is 19.7 Å². The lowest BCUT2D eigenvalue weighted by atomic mass is 10.1. The van der Waals surface area contributed by atoms with E-state index in [-0.39, 0.29) is 24.7 Å². The summed E-state index contributed by atoms with van der Waals surface area (Å²) in [6.45, 7) is 3.61. The maximum atomic E-state index is 13.2. The first-order valence-electron chi connectivity index (χ1n) is 8.99. The second kappa shape index (κ2) is 8.64. The fraction of sp³-hybridized carbons (Fsp3) is 0.238. The summed E-state index contributed by atoms with van der Waals surface area (Å²) in [5, 5.41) is 4.27. The molecule has 8 heteroatoms. The first kappa shape index (κ1) is 20.2. The van der Waals surface area contributed by atoms with Crippen molar-refractivity contribution in [1.29, 1.82) is 0 Å². The highest BCUT2D eigenvalue weighted by molar-refractivity contribution is 5.92. The molecule has 0 aliphatic heterocycles. The number of benzene rings is 2. The van der Waals surface area contributed by atoms with Gasteiger partial charge in [-0.3, -0.25) is 9.59 Å². The molecule has 1 amide bonds. The number of esters is 1. The Bertz CT molecular complexity index is 1030. The molecule has 150 valence electrons. The Morgan fingerprint density at radius 3 is 2.45 bits per heavy atom. The zero-order chi connectivity index (χ0) is 21.0. The zero-order valence-electron chi connectivity index (χ0n) is 16.4. The van der Waals surface area contributed by atoms with E-state index in [0.29, 0.717) is 11.5 Å². The molecule has 7 nitrogen and oxygen atoms in total. The van der Waals surface area contributed by atoms with E-state index in [1.807, 2.05) is 31.2 Å². The molecule has 2 aromatic carbocycles. The van der Waals surface area contributed by atoms with Crippen molar-refractivity contribution in [3.05, 3.63) is 77.1 Å². The minimum absolute atomic E-state index is 0.0516. The van der Waals surface area contributed by atoms with Crippen LogP contribution in [0.1, 0.15) is 27.6 Å². The lowest BCUT2D eigenvalue weighted by molar-refractivity contribution is -0.141. The second-order valence-electron chi connectivity index (χ2n) is 6.53. The Morgan fingerprint density at radius 2 is 1.79 bits per heavy atom. The van der Waals surface area contributed by atoms with Crippen LogP contribution in [0.4, 0.5) is 4.39 Å². The minimum Gasteiger partial charge on any atom is -0.468 e. The van der Waals surface area contributed by atoms with Gasteiger partial charge in [0.25, 0.3) is 5.91 Å². The van der Waals surface area contributed by atoms with Crippen LogP contribution >= 0.6 is 0 Å². The van der Waals surface area contributed by atoms with E-state index >= 15 is 0 Å². The molecule has 1 heterocycles. The van der Waals surface area contributed by atoms with Gasteiger partial charge in [-0.15, -0.1) is 5.10 Å². The molecule has 0 saturated carbocycles. The predicted molar refractivity (Wildman–Crippen MR) is 104 cm³/mol. The van der Waals surface area contributed by atoms with Gasteiger partial charge in [-0.2, -0.15) is 0 Å². The molecule has 0 aliphatic carbocycles. The summed E-state index contributed by atoms with van der Waals surface area (Å²) in [5.41, 5.74) is 2.48. The van der Waals surface area contributed by atoms with E-state index in [9.17, 15) is 14.0 Å². The maximum absolute atomic E-state index is 13.2. The van der Waals surface area contributed by atoms with E-state index in [4.69, 9.17) is 4.74 Å². The molecule has 3 aromatic rings. The Labute approximate surface area is 167 Å². The van der Waals surface area contributed by atoms with Crippen molar-refractivity contribution in [2.45, 2.75) is 20.4 Å². The molecule has 0 saturated heterocycles. The Balaban J connectivity index is 1.91. The van der Waals surface area contributed by atoms with Gasteiger partial charge in [0.15, 0.2) is 0 Å². The Kier molecular flexibility index (Phi) is 6.01. The van der Waals surface area contributed by atoms with Crippen LogP contribution < -0.4 is 0 Å². The van der Waals surface area contributed by atoms with Crippen LogP contribution in [0.3, 0.4) is 0 Å². The summed E-state index contributed by atoms with van der Waals surface area (Å²) in [5.74, 6) is -0.993. The molecule has 0 radical (unpaired) electrons. The Hall–Kier alpha value is -3.55. The molecular weight excluding hydrogens is 375 g/mol. The molecule has 0 unspecified atom stereocenters. The van der Waals surface area contributed by atoms with Gasteiger partial charge in [0.1, 0.15) is 18.2 Å². The van der Waals surface area contributed by atoms with E-state index in [1.54, 1.807) is 19.1 Å². The maximum Gasteiger partial charge on any atom is 0.325 e. The van der Waals surface area contributed by atoms with E-state index < -0.39 is 11.9 Å². The second-order valence-corrected chi connectivity index (χ2v) is 6.53. The first-order chi connectivity index (χ1) is 13.9. The van der Waals surface area contributed by atoms with Crippen LogP contribution in [0.5, 0.6) is 0 Å². The third-order valence-electron chi connectivity index (χ3n) is 4.49. The van der Waals surface area contributed by atoms with Gasteiger partial charge in [-0.25, -0.2) is 14.1 Å². The quantitative estimate of drug-likeness (QED) is 0.599. The highest BCUT2D eigenvalue weighted by Gasteiger charge is 2.24. The first-order valence-corrected chi connectivity index (χ1v) is 8.99. The van der Waals surface area contributed by atoms with Crippen molar-refractivity contribution in [2.75, 3.05) is 13.7 Å². The molecule has 0 spiro atoms. The average molecular weight is 396 g/mol. The van der Waals surface area contributed by atoms with Crippen LogP contribution in [0.2, 0.25) is 0 Å². The minimum atomic E-state index is -0.540. The number of ether oxygens (including phenoxy) is 1. The zero-order valence-corrected chi connectivity index (χ0v) is 16.4. The van der Waals surface area contributed by atoms with Crippen molar-refractivity contribution < 1.29 is 18.7 Å². The summed E-state index contributed by atoms with van der Waals surface area (Å²) in [6.07, 6.45) is 0. The summed E-state index contributed by atoms with van der Waals surface area (Å²) in [7, 11) is 1.27. The number of halogens is 1. The lowest BCUT2D eigenvalue weighted by Gasteiger charge is -2.21. The van der Waals surface area contributed by atoms with Crippen molar-refractivity contribution in [3.63, 3.8) is 0 Å². The molecule has 1 aromatic heterocycles. The molecule has 29 heavy (non-hydrogen) atoms. The van der Waals surface area contributed by atoms with Crippen molar-refractivity contribution in [1.82, 2.24) is 19.7 Å². The number of hydrogen-bond donors (Lipinski definition) is 0. The van der Waals surface area contributed by atoms with Gasteiger partial charge in [-0.1, -0.05) is 24.3 Å². The number of hydrogen-bond acceptors (Lipinski definition) is 5. The molecular formula is C21H21FN4O3. The number of aromatic nitrogens is 3. The molecule has 0 atom stereocenters. The standard InChI is InChI=1S/C21H21FN4O3/c1-14-6-4-5-7-16(14)12-25(13-19(27)29-3)21(28)20-23-15(2)26(24-20)18-10-8-17(22)9-11-18/h4-11H,12-13H2,1-3H3. The normalized spacial score (nSPS) is 10.6. The van der Waals surface area contributed by atoms with Gasteiger partial charge < -0.3 is 9.64 Å². The number of rotatable bonds is 6. The third kappa shape index (κ3) is 4.66. The number of methoxy groups -OCH3 is 1. The number of aryl methyl sites for hydroxylation is 2. The predicted octanol–water partition coefficient (Wildman–Crippen LogP) is 2.84. The van der Waals surface area contributed by atoms with E-state index in [0.717, 1.165) is 11.1 Å². The number of amides is 1. The molecule has 0 fully saturated rings. The molecule has 0 aliphatic rings. The third-order valence-corrected chi connectivity index (χ3v) is 4.49. The van der Waals surface area contributed by atoms with Crippen LogP contribution in [-0.2, 0) is 16.1 Å². The van der Waals surface area contributed by atoms with Crippen molar-refractivity contribution in [2.24, 2.45) is 0 Å². The van der Waals surface area contributed by atoms with Gasteiger partial charge in [0.2, 0.25) is 5.82 Å². The fourth-order valence-corrected chi connectivity index (χ4v) is 2.86. The number of carbonyl (C=O) groups excluding carboxylic acids is 2. The number of nitrogens with zero attached hydrogens (tertiary/aromatic N) is 4. The molecule has 3 rings (SSSR count). The highest BCUT2D eigenvalue weighted by Crippen LogP contribution is 2.15. The Morgan fingerprint density at radius 1 is 1.10 bits per heavy atom. The highest BCUT2D eigenvalue weighted by atomic mass is 19.1. The smallest absolute Gasteiger partial charge is 0.325 e. The summed E-state index contributed by atoms with van der Waals surface area (Å²) >= 11 is 0. The fourth-order valence-electron chi connectivity index (χ4n) is 2.86. The van der Waals surface area contributed by atoms with E-state index in [1.165, 1.54) is 28.8 Å². The summed E-state index contributed by atoms with van der Waals surface area (Å²) in [4.78, 5) is 30.5. The number of carbonyl (C=O) groups is 2. The van der Waals surface area contributed by atoms with Crippen LogP contribution in [0.25, 0.3) is 5.69 Å². The molecule has 0 N–H and O–H groups in total. The monoisotopic (exact) mass is 396 g/mol. The van der Waals surface area contributed by atoms with Gasteiger partial charge in [0.05, 0.1) is 12.8 Å². The van der Waals surface area contributed by atoms with Gasteiger partial charge >= 0.3 is 5.97 Å². The van der Waals surface area contributed by atoms with Gasteiger partial charge in [-0.05, 0) is 49.2 Å². The summed E-state index contributed by atoms with van der Waals surface area (Å²) in [6, 6.07) is 13.3. The van der Waals surface area contributed by atoms with Crippen LogP contribution in [0.15, 0.2) is 48.5 Å². The van der Waals surface area contributed by atoms with Crippen molar-refractivity contribution in [3.8, 4) is 5.69 Å². The largest absolute Gasteiger partial charge is 0.468 e. The summed E-state index contributed by atoms with van der Waals surface area (Å²) < 4.78 is 19.4. The van der Waals surface area contributed by atoms with E-state index in [2.05, 4.69) is 10.1 Å².